The molecule has 2 N–H and O–H groups in total. The molecule has 0 aliphatic heterocycles. The third kappa shape index (κ3) is 4.48. The molecule has 0 atom stereocenters. The smallest absolute Gasteiger partial charge is 0.263 e. The van der Waals surface area contributed by atoms with Crippen molar-refractivity contribution in [3.8, 4) is 0 Å². The van der Waals surface area contributed by atoms with Crippen LogP contribution in [0.25, 0.3) is 16.7 Å². The molecule has 0 saturated heterocycles. The molecule has 0 spiro atoms. The maximum absolute atomic E-state index is 12.8. The summed E-state index contributed by atoms with van der Waals surface area (Å²) in [6, 6.07) is 7.18. The molecule has 3 rings (SSSR count). The van der Waals surface area contributed by atoms with E-state index >= 15 is 0 Å². The molecule has 0 unspecified atom stereocenters. The lowest BCUT2D eigenvalue weighted by atomic mass is 10.2. The summed E-state index contributed by atoms with van der Waals surface area (Å²) >= 11 is 1.19. The number of benzene rings is 1. The van der Waals surface area contributed by atoms with E-state index in [1.54, 1.807) is 22.6 Å². The quantitative estimate of drug-likeness (QED) is 0.399. The first-order valence-electron chi connectivity index (χ1n) is 9.20. The van der Waals surface area contributed by atoms with Gasteiger partial charge in [-0.3, -0.25) is 23.4 Å². The summed E-state index contributed by atoms with van der Waals surface area (Å²) in [5.74, 6) is -0.0633. The third-order valence-corrected chi connectivity index (χ3v) is 5.07. The number of aromatic nitrogens is 4. The van der Waals surface area contributed by atoms with Crippen LogP contribution in [0.1, 0.15) is 13.3 Å². The number of allylic oxidation sites excluding steroid dienone is 1. The Morgan fingerprint density at radius 3 is 2.76 bits per heavy atom. The highest BCUT2D eigenvalue weighted by molar-refractivity contribution is 7.99. The second kappa shape index (κ2) is 9.37. The molecule has 0 aliphatic carbocycles. The molecule has 1 aromatic carbocycles. The average molecular weight is 414 g/mol. The molecule has 152 valence electrons. The van der Waals surface area contributed by atoms with Crippen molar-refractivity contribution in [2.24, 2.45) is 0 Å². The molecule has 0 fully saturated rings. The molecule has 3 aromatic rings. The highest BCUT2D eigenvalue weighted by Crippen LogP contribution is 2.21. The molecule has 0 radical (unpaired) electrons. The van der Waals surface area contributed by atoms with E-state index < -0.39 is 0 Å². The van der Waals surface area contributed by atoms with Gasteiger partial charge in [0.05, 0.1) is 23.2 Å². The van der Waals surface area contributed by atoms with Crippen molar-refractivity contribution in [1.82, 2.24) is 29.8 Å². The van der Waals surface area contributed by atoms with Crippen LogP contribution in [0.2, 0.25) is 0 Å². The summed E-state index contributed by atoms with van der Waals surface area (Å²) < 4.78 is 3.25. The monoisotopic (exact) mass is 414 g/mol. The van der Waals surface area contributed by atoms with Gasteiger partial charge >= 0.3 is 0 Å². The van der Waals surface area contributed by atoms with E-state index in [2.05, 4.69) is 27.4 Å². The van der Waals surface area contributed by atoms with E-state index in [-0.39, 0.29) is 29.7 Å². The van der Waals surface area contributed by atoms with Crippen LogP contribution in [-0.2, 0) is 16.1 Å². The lowest BCUT2D eigenvalue weighted by molar-refractivity contribution is -0.124. The number of amides is 2. The number of nitrogens with one attached hydrogen (secondary N) is 2. The number of thioether (sulfide) groups is 1. The number of nitrogens with zero attached hydrogens (tertiary/aromatic N) is 4. The van der Waals surface area contributed by atoms with Gasteiger partial charge in [0.25, 0.3) is 5.56 Å². The summed E-state index contributed by atoms with van der Waals surface area (Å²) in [5.41, 5.74) is 0.493. The van der Waals surface area contributed by atoms with Crippen molar-refractivity contribution < 1.29 is 9.59 Å². The first-order valence-corrected chi connectivity index (χ1v) is 10.2. The standard InChI is InChI=1S/C19H22N6O3S/c1-3-9-20-15(26)11-21-16(27)12-29-19-23-22-18-24(10-4-2)17(28)13-7-5-6-8-14(13)25(18)19/h4-8H,2-3,9-12H2,1H3,(H,20,26)(H,21,27). The maximum atomic E-state index is 12.8. The van der Waals surface area contributed by atoms with E-state index in [9.17, 15) is 14.4 Å². The summed E-state index contributed by atoms with van der Waals surface area (Å²) in [7, 11) is 0. The minimum Gasteiger partial charge on any atom is -0.355 e. The fourth-order valence-electron chi connectivity index (χ4n) is 2.81. The number of carbonyl (C=O) groups is 2. The Bertz CT molecular complexity index is 1120. The van der Waals surface area contributed by atoms with Crippen LogP contribution in [0.5, 0.6) is 0 Å². The van der Waals surface area contributed by atoms with Crippen molar-refractivity contribution in [2.45, 2.75) is 25.0 Å². The molecule has 10 heteroatoms. The van der Waals surface area contributed by atoms with Crippen LogP contribution in [-0.4, -0.2) is 49.8 Å². The van der Waals surface area contributed by atoms with Gasteiger partial charge < -0.3 is 10.6 Å². The molecule has 9 nitrogen and oxygen atoms in total. The lowest BCUT2D eigenvalue weighted by Gasteiger charge is -2.09. The van der Waals surface area contributed by atoms with Gasteiger partial charge in [0.2, 0.25) is 17.6 Å². The second-order valence-electron chi connectivity index (χ2n) is 6.25. The van der Waals surface area contributed by atoms with E-state index in [0.29, 0.717) is 34.9 Å². The number of rotatable bonds is 9. The van der Waals surface area contributed by atoms with Crippen LogP contribution >= 0.6 is 11.8 Å². The highest BCUT2D eigenvalue weighted by atomic mass is 32.2. The van der Waals surface area contributed by atoms with Gasteiger partial charge in [-0.25, -0.2) is 0 Å². The number of hydrogen-bond acceptors (Lipinski definition) is 6. The highest BCUT2D eigenvalue weighted by Gasteiger charge is 2.17. The van der Waals surface area contributed by atoms with Crippen molar-refractivity contribution >= 4 is 40.3 Å². The van der Waals surface area contributed by atoms with Crippen LogP contribution < -0.4 is 16.2 Å². The largest absolute Gasteiger partial charge is 0.355 e. The molecule has 29 heavy (non-hydrogen) atoms. The zero-order chi connectivity index (χ0) is 20.8. The average Bonchev–Trinajstić information content (AvgIpc) is 3.16. The van der Waals surface area contributed by atoms with E-state index in [4.69, 9.17) is 0 Å². The maximum Gasteiger partial charge on any atom is 0.263 e. The normalized spacial score (nSPS) is 10.9. The summed E-state index contributed by atoms with van der Waals surface area (Å²) in [4.78, 5) is 36.5. The fourth-order valence-corrected chi connectivity index (χ4v) is 3.58. The van der Waals surface area contributed by atoms with Crippen LogP contribution in [0, 0.1) is 0 Å². The van der Waals surface area contributed by atoms with Gasteiger partial charge in [0, 0.05) is 13.1 Å². The van der Waals surface area contributed by atoms with Crippen molar-refractivity contribution in [3.05, 3.63) is 47.3 Å². The summed E-state index contributed by atoms with van der Waals surface area (Å²) in [6.07, 6.45) is 2.45. The molecule has 2 aromatic heterocycles. The van der Waals surface area contributed by atoms with Gasteiger partial charge in [-0.15, -0.1) is 16.8 Å². The predicted octanol–water partition coefficient (Wildman–Crippen LogP) is 0.965. The van der Waals surface area contributed by atoms with Crippen molar-refractivity contribution in [2.75, 3.05) is 18.8 Å². The first-order chi connectivity index (χ1) is 14.1. The van der Waals surface area contributed by atoms with Crippen molar-refractivity contribution in [1.29, 1.82) is 0 Å². The van der Waals surface area contributed by atoms with Gasteiger partial charge in [-0.05, 0) is 18.6 Å². The summed E-state index contributed by atoms with van der Waals surface area (Å²) in [5, 5.41) is 14.6. The Labute approximate surface area is 171 Å². The van der Waals surface area contributed by atoms with Gasteiger partial charge in [-0.2, -0.15) is 0 Å². The molecule has 0 aliphatic rings. The van der Waals surface area contributed by atoms with Crippen LogP contribution in [0.15, 0.2) is 46.9 Å². The fraction of sp³-hybridized carbons (Fsp3) is 0.316. The number of carbonyl (C=O) groups excluding carboxylic acids is 2. The van der Waals surface area contributed by atoms with Gasteiger partial charge in [0.1, 0.15) is 0 Å². The Kier molecular flexibility index (Phi) is 6.65. The first kappa shape index (κ1) is 20.6. The lowest BCUT2D eigenvalue weighted by Crippen LogP contribution is -2.37. The van der Waals surface area contributed by atoms with E-state index in [1.807, 2.05) is 19.1 Å². The van der Waals surface area contributed by atoms with E-state index in [1.165, 1.54) is 16.3 Å². The Morgan fingerprint density at radius 1 is 1.21 bits per heavy atom. The zero-order valence-corrected chi connectivity index (χ0v) is 16.9. The third-order valence-electron chi connectivity index (χ3n) is 4.14. The number of fused-ring (bicyclic) bond motifs is 3. The number of hydrogen-bond donors (Lipinski definition) is 2. The molecular weight excluding hydrogens is 392 g/mol. The van der Waals surface area contributed by atoms with Gasteiger partial charge in [0.15, 0.2) is 5.16 Å². The molecular formula is C19H22N6O3S. The SMILES string of the molecule is C=CCn1c(=O)c2ccccc2n2c(SCC(=O)NCC(=O)NCCC)nnc12. The zero-order valence-electron chi connectivity index (χ0n) is 16.1. The van der Waals surface area contributed by atoms with Crippen LogP contribution in [0.3, 0.4) is 0 Å². The Balaban J connectivity index is 1.82. The van der Waals surface area contributed by atoms with E-state index in [0.717, 1.165) is 6.42 Å². The van der Waals surface area contributed by atoms with Crippen molar-refractivity contribution in [3.63, 3.8) is 0 Å². The predicted molar refractivity (Wildman–Crippen MR) is 112 cm³/mol. The van der Waals surface area contributed by atoms with Gasteiger partial charge in [-0.1, -0.05) is 36.9 Å². The minimum atomic E-state index is -0.290. The number of para-hydroxylation sites is 1. The topological polar surface area (TPSA) is 110 Å². The molecule has 0 bridgehead atoms. The minimum absolute atomic E-state index is 0.0662. The molecule has 2 amide bonds. The van der Waals surface area contributed by atoms with Crippen LogP contribution in [0.4, 0.5) is 0 Å². The Morgan fingerprint density at radius 2 is 2.00 bits per heavy atom. The Hall–Kier alpha value is -3.14. The molecule has 2 heterocycles. The summed E-state index contributed by atoms with van der Waals surface area (Å²) in [6.45, 7) is 6.46. The molecule has 0 saturated carbocycles. The second-order valence-corrected chi connectivity index (χ2v) is 7.20.